The number of halogens is 3. The van der Waals surface area contributed by atoms with Crippen molar-refractivity contribution in [3.8, 4) is 5.75 Å². The number of hydrogen-bond acceptors (Lipinski definition) is 5. The summed E-state index contributed by atoms with van der Waals surface area (Å²) in [6, 6.07) is -0.0575. The molecule has 0 spiro atoms. The fourth-order valence-electron chi connectivity index (χ4n) is 1.31. The molecule has 0 aromatic heterocycles. The lowest BCUT2D eigenvalue weighted by Crippen LogP contribution is -2.36. The number of hydrogen-bond donors (Lipinski definition) is 3. The van der Waals surface area contributed by atoms with Gasteiger partial charge in [-0.1, -0.05) is 15.9 Å². The van der Waals surface area contributed by atoms with E-state index in [-0.39, 0.29) is 4.47 Å². The second-order valence-corrected chi connectivity index (χ2v) is 4.43. The van der Waals surface area contributed by atoms with Crippen LogP contribution >= 0.6 is 15.9 Å². The van der Waals surface area contributed by atoms with Crippen molar-refractivity contribution in [2.24, 2.45) is 5.73 Å². The van der Waals surface area contributed by atoms with Crippen molar-refractivity contribution in [3.63, 3.8) is 0 Å². The Labute approximate surface area is 108 Å². The first-order valence-electron chi connectivity index (χ1n) is 4.61. The number of nitro groups is 1. The highest BCUT2D eigenvalue weighted by atomic mass is 79.9. The van der Waals surface area contributed by atoms with E-state index >= 15 is 0 Å². The topological polar surface area (TPSA) is 110 Å². The van der Waals surface area contributed by atoms with Crippen LogP contribution in [-0.2, 0) is 0 Å². The molecule has 6 nitrogen and oxygen atoms in total. The van der Waals surface area contributed by atoms with Crippen molar-refractivity contribution in [1.29, 1.82) is 0 Å². The quantitative estimate of drug-likeness (QED) is 0.576. The number of alkyl halides is 2. The minimum Gasteiger partial charge on any atom is -0.502 e. The average molecular weight is 327 g/mol. The highest BCUT2D eigenvalue weighted by Crippen LogP contribution is 2.40. The Kier molecular flexibility index (Phi) is 4.20. The van der Waals surface area contributed by atoms with E-state index in [4.69, 9.17) is 10.8 Å². The van der Waals surface area contributed by atoms with Crippen LogP contribution in [0.3, 0.4) is 0 Å². The van der Waals surface area contributed by atoms with Crippen molar-refractivity contribution in [2.75, 3.05) is 6.61 Å². The lowest BCUT2D eigenvalue weighted by atomic mass is 10.00. The maximum Gasteiger partial charge on any atom is 0.312 e. The van der Waals surface area contributed by atoms with Crippen LogP contribution in [0.4, 0.5) is 14.5 Å². The molecule has 0 radical (unpaired) electrons. The maximum atomic E-state index is 13.2. The molecule has 9 heteroatoms. The van der Waals surface area contributed by atoms with Crippen LogP contribution in [-0.4, -0.2) is 27.7 Å². The number of nitrogens with zero attached hydrogens (tertiary/aromatic N) is 1. The van der Waals surface area contributed by atoms with Gasteiger partial charge in [-0.05, 0) is 6.07 Å². The first-order chi connectivity index (χ1) is 8.20. The highest BCUT2D eigenvalue weighted by Gasteiger charge is 2.40. The van der Waals surface area contributed by atoms with E-state index in [1.54, 1.807) is 0 Å². The molecule has 0 aliphatic heterocycles. The van der Waals surface area contributed by atoms with Gasteiger partial charge >= 0.3 is 5.69 Å². The number of rotatable bonds is 4. The summed E-state index contributed by atoms with van der Waals surface area (Å²) in [4.78, 5) is 9.69. The molecule has 0 aliphatic carbocycles. The minimum absolute atomic E-state index is 0.117. The lowest BCUT2D eigenvalue weighted by Gasteiger charge is -2.22. The van der Waals surface area contributed by atoms with Crippen molar-refractivity contribution in [1.82, 2.24) is 0 Å². The van der Waals surface area contributed by atoms with E-state index in [1.807, 2.05) is 0 Å². The van der Waals surface area contributed by atoms with E-state index < -0.39 is 40.5 Å². The van der Waals surface area contributed by atoms with Gasteiger partial charge in [0, 0.05) is 16.1 Å². The molecule has 18 heavy (non-hydrogen) atoms. The standard InChI is InChI=1S/C9H9BrF2N2O4/c10-4-1-5(8(13)9(11,12)3-15)7(16)6(2-4)14(17)18/h1-2,8,15-16H,3,13H2/t8-/m0/s1. The SMILES string of the molecule is N[C@@H](c1cc(Br)cc([N+](=O)[O-])c1O)C(F)(F)CO. The van der Waals surface area contributed by atoms with Gasteiger partial charge in [0.1, 0.15) is 12.6 Å². The van der Waals surface area contributed by atoms with Crippen LogP contribution in [0, 0.1) is 10.1 Å². The molecule has 0 saturated heterocycles. The number of aliphatic hydroxyl groups excluding tert-OH is 1. The highest BCUT2D eigenvalue weighted by molar-refractivity contribution is 9.10. The molecule has 0 saturated carbocycles. The summed E-state index contributed by atoms with van der Waals surface area (Å²) in [5.74, 6) is -4.64. The molecule has 0 fully saturated rings. The Balaban J connectivity index is 3.37. The number of nitro benzene ring substituents is 1. The second kappa shape index (κ2) is 5.12. The molecule has 100 valence electrons. The van der Waals surface area contributed by atoms with Crippen molar-refractivity contribution < 1.29 is 23.9 Å². The third kappa shape index (κ3) is 2.74. The molecule has 0 amide bonds. The zero-order chi connectivity index (χ0) is 14.1. The van der Waals surface area contributed by atoms with Gasteiger partial charge in [0.25, 0.3) is 5.92 Å². The number of nitrogens with two attached hydrogens (primary N) is 1. The Morgan fingerprint density at radius 2 is 2.11 bits per heavy atom. The summed E-state index contributed by atoms with van der Waals surface area (Å²) < 4.78 is 26.5. The predicted octanol–water partition coefficient (Wildman–Crippen LogP) is 1.69. The number of aromatic hydroxyl groups is 1. The van der Waals surface area contributed by atoms with Gasteiger partial charge in [0.05, 0.1) is 4.92 Å². The first-order valence-corrected chi connectivity index (χ1v) is 5.41. The van der Waals surface area contributed by atoms with E-state index in [1.165, 1.54) is 0 Å². The fourth-order valence-corrected chi connectivity index (χ4v) is 1.77. The van der Waals surface area contributed by atoms with Gasteiger partial charge in [-0.3, -0.25) is 10.1 Å². The zero-order valence-electron chi connectivity index (χ0n) is 8.81. The van der Waals surface area contributed by atoms with Gasteiger partial charge in [-0.15, -0.1) is 0 Å². The number of benzene rings is 1. The van der Waals surface area contributed by atoms with Gasteiger partial charge in [-0.2, -0.15) is 0 Å². The van der Waals surface area contributed by atoms with E-state index in [2.05, 4.69) is 15.9 Å². The Hall–Kier alpha value is -1.32. The molecule has 1 atom stereocenters. The Morgan fingerprint density at radius 3 is 2.56 bits per heavy atom. The summed E-state index contributed by atoms with van der Waals surface area (Å²) in [6.45, 7) is -1.53. The largest absolute Gasteiger partial charge is 0.502 e. The third-order valence-electron chi connectivity index (χ3n) is 2.28. The molecular formula is C9H9BrF2N2O4. The normalized spacial score (nSPS) is 13.4. The Morgan fingerprint density at radius 1 is 1.56 bits per heavy atom. The molecule has 0 heterocycles. The first kappa shape index (κ1) is 14.7. The maximum absolute atomic E-state index is 13.2. The van der Waals surface area contributed by atoms with Crippen molar-refractivity contribution in [2.45, 2.75) is 12.0 Å². The van der Waals surface area contributed by atoms with Gasteiger partial charge in [0.2, 0.25) is 0 Å². The van der Waals surface area contributed by atoms with Crippen molar-refractivity contribution in [3.05, 3.63) is 32.3 Å². The van der Waals surface area contributed by atoms with Gasteiger partial charge in [0.15, 0.2) is 5.75 Å². The van der Waals surface area contributed by atoms with Crippen LogP contribution < -0.4 is 5.73 Å². The van der Waals surface area contributed by atoms with Crippen LogP contribution in [0.5, 0.6) is 5.75 Å². The monoisotopic (exact) mass is 326 g/mol. The summed E-state index contributed by atoms with van der Waals surface area (Å²) in [5.41, 5.74) is 3.94. The van der Waals surface area contributed by atoms with Crippen molar-refractivity contribution >= 4 is 21.6 Å². The molecule has 4 N–H and O–H groups in total. The zero-order valence-corrected chi connectivity index (χ0v) is 10.4. The van der Waals surface area contributed by atoms with Gasteiger partial charge < -0.3 is 15.9 Å². The number of aliphatic hydroxyl groups is 1. The van der Waals surface area contributed by atoms with Gasteiger partial charge in [-0.25, -0.2) is 8.78 Å². The molecule has 0 bridgehead atoms. The van der Waals surface area contributed by atoms with Crippen LogP contribution in [0.1, 0.15) is 11.6 Å². The van der Waals surface area contributed by atoms with Crippen LogP contribution in [0.25, 0.3) is 0 Å². The number of phenols is 1. The number of phenolic OH excluding ortho intramolecular Hbond substituents is 1. The Bertz CT molecular complexity index is 484. The summed E-state index contributed by atoms with van der Waals surface area (Å²) in [6.07, 6.45) is 0. The van der Waals surface area contributed by atoms with Crippen LogP contribution in [0.2, 0.25) is 0 Å². The molecular weight excluding hydrogens is 318 g/mol. The summed E-state index contributed by atoms with van der Waals surface area (Å²) >= 11 is 2.89. The molecule has 0 aliphatic rings. The predicted molar refractivity (Wildman–Crippen MR) is 61.4 cm³/mol. The summed E-state index contributed by atoms with van der Waals surface area (Å²) in [5, 5.41) is 28.7. The minimum atomic E-state index is -3.70. The molecule has 0 unspecified atom stereocenters. The average Bonchev–Trinajstić information content (AvgIpc) is 2.30. The van der Waals surface area contributed by atoms with E-state index in [9.17, 15) is 24.0 Å². The molecule has 1 rings (SSSR count). The fraction of sp³-hybridized carbons (Fsp3) is 0.333. The smallest absolute Gasteiger partial charge is 0.312 e. The van der Waals surface area contributed by atoms with E-state index in [0.717, 1.165) is 12.1 Å². The molecule has 1 aromatic carbocycles. The third-order valence-corrected chi connectivity index (χ3v) is 2.74. The second-order valence-electron chi connectivity index (χ2n) is 3.52. The summed E-state index contributed by atoms with van der Waals surface area (Å²) in [7, 11) is 0. The van der Waals surface area contributed by atoms with E-state index in [0.29, 0.717) is 0 Å². The van der Waals surface area contributed by atoms with Crippen LogP contribution in [0.15, 0.2) is 16.6 Å². The lowest BCUT2D eigenvalue weighted by molar-refractivity contribution is -0.386. The molecule has 1 aromatic rings.